The minimum Gasteiger partial charge on any atom is -0.486 e. The Morgan fingerprint density at radius 3 is 2.06 bits per heavy atom. The van der Waals surface area contributed by atoms with E-state index in [0.29, 0.717) is 12.8 Å². The fraction of sp³-hybridized carbons (Fsp3) is 0.519. The van der Waals surface area contributed by atoms with E-state index in [9.17, 15) is 9.90 Å². The maximum Gasteiger partial charge on any atom is 0.185 e. The number of nitrogens with zero attached hydrogens (tertiary/aromatic N) is 2. The number of ether oxygens (including phenoxy) is 1. The fourth-order valence-corrected chi connectivity index (χ4v) is 4.97. The summed E-state index contributed by atoms with van der Waals surface area (Å²) in [5.41, 5.74) is 0.864. The summed E-state index contributed by atoms with van der Waals surface area (Å²) in [6.07, 6.45) is 4.03. The second-order valence-corrected chi connectivity index (χ2v) is 9.44. The third-order valence-corrected chi connectivity index (χ3v) is 7.07. The summed E-state index contributed by atoms with van der Waals surface area (Å²) < 4.78 is 6.14. The molecule has 7 heteroatoms. The summed E-state index contributed by atoms with van der Waals surface area (Å²) in [4.78, 5) is 18.2. The van der Waals surface area contributed by atoms with Gasteiger partial charge in [-0.05, 0) is 50.1 Å². The van der Waals surface area contributed by atoms with Crippen molar-refractivity contribution in [3.05, 3.63) is 65.7 Å². The van der Waals surface area contributed by atoms with E-state index < -0.39 is 11.6 Å². The van der Waals surface area contributed by atoms with Crippen molar-refractivity contribution in [3.8, 4) is 5.75 Å². The first kappa shape index (κ1) is 28.6. The maximum absolute atomic E-state index is 13.7. The van der Waals surface area contributed by atoms with Gasteiger partial charge in [0, 0.05) is 26.2 Å². The number of aliphatic hydroxyl groups is 1. The largest absolute Gasteiger partial charge is 0.486 e. The second kappa shape index (κ2) is 12.9. The summed E-state index contributed by atoms with van der Waals surface area (Å²) >= 11 is 0. The molecule has 0 amide bonds. The fourth-order valence-electron chi connectivity index (χ4n) is 4.97. The molecule has 1 aliphatic heterocycles. The van der Waals surface area contributed by atoms with Gasteiger partial charge in [-0.25, -0.2) is 0 Å². The normalized spacial score (nSPS) is 20.3. The standard InChI is InChI=1S/C27H36N2O3.2ClH/c1-21(22-9-5-3-6-10-22)32-24-13-11-23(12-14-24)25(29-19-17-28(2)18-20-29)26(30)27(31)15-7-4-8-16-27;;/h3,5-6,9-14,21,25,31H,4,7-8,15-20H2,1-2H3;2*1H/t21-,25?;;/m1../s1. The van der Waals surface area contributed by atoms with Crippen LogP contribution in [0.15, 0.2) is 54.6 Å². The number of carbonyl (C=O) groups excluding carboxylic acids is 1. The zero-order chi connectivity index (χ0) is 22.6. The molecule has 1 aliphatic carbocycles. The van der Waals surface area contributed by atoms with E-state index in [4.69, 9.17) is 4.74 Å². The molecule has 34 heavy (non-hydrogen) atoms. The van der Waals surface area contributed by atoms with Crippen LogP contribution in [-0.2, 0) is 4.79 Å². The van der Waals surface area contributed by atoms with Gasteiger partial charge < -0.3 is 14.7 Å². The average molecular weight is 510 g/mol. The number of rotatable bonds is 7. The SMILES string of the molecule is C[C@@H](Oc1ccc(C(C(=O)C2(O)CCCCC2)N2CCN(C)CC2)cc1)c1ccccc1.Cl.Cl. The van der Waals surface area contributed by atoms with Gasteiger partial charge in [-0.1, -0.05) is 61.7 Å². The molecule has 2 aromatic carbocycles. The summed E-state index contributed by atoms with van der Waals surface area (Å²) in [7, 11) is 2.11. The van der Waals surface area contributed by atoms with Gasteiger partial charge in [0.05, 0.1) is 6.04 Å². The van der Waals surface area contributed by atoms with Crippen molar-refractivity contribution < 1.29 is 14.6 Å². The van der Waals surface area contributed by atoms with Crippen LogP contribution >= 0.6 is 24.8 Å². The lowest BCUT2D eigenvalue weighted by Gasteiger charge is -2.41. The van der Waals surface area contributed by atoms with Gasteiger partial charge in [0.2, 0.25) is 0 Å². The van der Waals surface area contributed by atoms with Crippen LogP contribution in [0.5, 0.6) is 5.75 Å². The van der Waals surface area contributed by atoms with E-state index in [2.05, 4.69) is 29.0 Å². The molecule has 2 aromatic rings. The van der Waals surface area contributed by atoms with Crippen molar-refractivity contribution in [1.82, 2.24) is 9.80 Å². The van der Waals surface area contributed by atoms with Crippen molar-refractivity contribution in [2.45, 2.75) is 56.8 Å². The van der Waals surface area contributed by atoms with Crippen molar-refractivity contribution in [1.29, 1.82) is 0 Å². The average Bonchev–Trinajstić information content (AvgIpc) is 2.82. The van der Waals surface area contributed by atoms with Crippen LogP contribution in [0.2, 0.25) is 0 Å². The quantitative estimate of drug-likeness (QED) is 0.555. The molecule has 1 heterocycles. The second-order valence-electron chi connectivity index (χ2n) is 9.44. The number of halogens is 2. The molecule has 0 bridgehead atoms. The predicted molar refractivity (Wildman–Crippen MR) is 141 cm³/mol. The summed E-state index contributed by atoms with van der Waals surface area (Å²) in [5, 5.41) is 11.2. The Balaban J connectivity index is 0.00000204. The van der Waals surface area contributed by atoms with Gasteiger partial charge in [-0.15, -0.1) is 24.8 Å². The highest BCUT2D eigenvalue weighted by Gasteiger charge is 2.43. The maximum atomic E-state index is 13.7. The van der Waals surface area contributed by atoms with E-state index >= 15 is 0 Å². The summed E-state index contributed by atoms with van der Waals surface area (Å²) in [5.74, 6) is 0.749. The highest BCUT2D eigenvalue weighted by molar-refractivity contribution is 5.92. The van der Waals surface area contributed by atoms with Crippen molar-refractivity contribution in [2.75, 3.05) is 33.2 Å². The molecule has 0 radical (unpaired) electrons. The number of ketones is 1. The van der Waals surface area contributed by atoms with Crippen LogP contribution in [0.3, 0.4) is 0 Å². The van der Waals surface area contributed by atoms with Gasteiger partial charge in [0.25, 0.3) is 0 Å². The number of carbonyl (C=O) groups is 1. The Kier molecular flexibility index (Phi) is 10.8. The van der Waals surface area contributed by atoms with E-state index in [1.54, 1.807) is 0 Å². The minimum atomic E-state index is -1.21. The highest BCUT2D eigenvalue weighted by atomic mass is 35.5. The number of Topliss-reactive ketones (excluding diaryl/α,β-unsaturated/α-hetero) is 1. The zero-order valence-electron chi connectivity index (χ0n) is 20.2. The Labute approximate surface area is 216 Å². The molecule has 1 unspecified atom stereocenters. The summed E-state index contributed by atoms with van der Waals surface area (Å²) in [6, 6.07) is 17.7. The molecule has 2 aliphatic rings. The van der Waals surface area contributed by atoms with Crippen LogP contribution in [0, 0.1) is 0 Å². The molecule has 1 saturated heterocycles. The van der Waals surface area contributed by atoms with E-state index in [1.165, 1.54) is 0 Å². The molecule has 2 atom stereocenters. The Morgan fingerprint density at radius 2 is 1.47 bits per heavy atom. The highest BCUT2D eigenvalue weighted by Crippen LogP contribution is 2.36. The molecule has 4 rings (SSSR count). The van der Waals surface area contributed by atoms with E-state index in [0.717, 1.165) is 62.3 Å². The van der Waals surface area contributed by atoms with Crippen LogP contribution in [-0.4, -0.2) is 59.5 Å². The van der Waals surface area contributed by atoms with E-state index in [-0.39, 0.29) is 36.7 Å². The number of hydrogen-bond donors (Lipinski definition) is 1. The minimum absolute atomic E-state index is 0. The first-order chi connectivity index (χ1) is 15.5. The molecule has 2 fully saturated rings. The molecule has 5 nitrogen and oxygen atoms in total. The van der Waals surface area contributed by atoms with Crippen LogP contribution in [0.1, 0.15) is 62.3 Å². The van der Waals surface area contributed by atoms with Gasteiger partial charge in [-0.2, -0.15) is 0 Å². The topological polar surface area (TPSA) is 53.0 Å². The van der Waals surface area contributed by atoms with Crippen LogP contribution < -0.4 is 4.74 Å². The lowest BCUT2D eigenvalue weighted by Crippen LogP contribution is -2.53. The van der Waals surface area contributed by atoms with Crippen molar-refractivity contribution >= 4 is 30.6 Å². The molecule has 1 N–H and O–H groups in total. The molecule has 0 aromatic heterocycles. The van der Waals surface area contributed by atoms with Gasteiger partial charge in [-0.3, -0.25) is 9.69 Å². The number of benzene rings is 2. The lowest BCUT2D eigenvalue weighted by atomic mass is 9.77. The number of likely N-dealkylation sites (N-methyl/N-ethyl adjacent to an activating group) is 1. The Hall–Kier alpha value is -1.63. The first-order valence-corrected chi connectivity index (χ1v) is 12.0. The predicted octanol–water partition coefficient (Wildman–Crippen LogP) is 5.22. The first-order valence-electron chi connectivity index (χ1n) is 12.0. The van der Waals surface area contributed by atoms with Gasteiger partial charge in [0.15, 0.2) is 5.78 Å². The van der Waals surface area contributed by atoms with Crippen molar-refractivity contribution in [2.24, 2.45) is 0 Å². The lowest BCUT2D eigenvalue weighted by molar-refractivity contribution is -0.147. The van der Waals surface area contributed by atoms with E-state index in [1.807, 2.05) is 49.4 Å². The monoisotopic (exact) mass is 508 g/mol. The number of hydrogen-bond acceptors (Lipinski definition) is 5. The Morgan fingerprint density at radius 1 is 0.882 bits per heavy atom. The van der Waals surface area contributed by atoms with Crippen molar-refractivity contribution in [3.63, 3.8) is 0 Å². The summed E-state index contributed by atoms with van der Waals surface area (Å²) in [6.45, 7) is 5.55. The van der Waals surface area contributed by atoms with Crippen LogP contribution in [0.25, 0.3) is 0 Å². The molecular weight excluding hydrogens is 471 g/mol. The molecule has 0 spiro atoms. The zero-order valence-corrected chi connectivity index (χ0v) is 21.8. The third kappa shape index (κ3) is 6.73. The third-order valence-electron chi connectivity index (χ3n) is 7.07. The van der Waals surface area contributed by atoms with Gasteiger partial charge in [0.1, 0.15) is 17.5 Å². The molecule has 1 saturated carbocycles. The Bertz CT molecular complexity index is 881. The van der Waals surface area contributed by atoms with Gasteiger partial charge >= 0.3 is 0 Å². The smallest absolute Gasteiger partial charge is 0.185 e. The molecule has 188 valence electrons. The molecular formula is C27H38Cl2N2O3. The number of piperazine rings is 1. The van der Waals surface area contributed by atoms with Crippen LogP contribution in [0.4, 0.5) is 0 Å².